The molecule has 0 aromatic rings. The lowest BCUT2D eigenvalue weighted by molar-refractivity contribution is -0.146. The van der Waals surface area contributed by atoms with Crippen LogP contribution in [0.15, 0.2) is 0 Å². The predicted molar refractivity (Wildman–Crippen MR) is 46.5 cm³/mol. The quantitative estimate of drug-likeness (QED) is 0.615. The van der Waals surface area contributed by atoms with Gasteiger partial charge in [0.15, 0.2) is 0 Å². The van der Waals surface area contributed by atoms with Gasteiger partial charge in [-0.3, -0.25) is 9.59 Å². The van der Waals surface area contributed by atoms with Gasteiger partial charge in [-0.25, -0.2) is 0 Å². The molecule has 80 valence electrons. The second-order valence-electron chi connectivity index (χ2n) is 3.23. The minimum Gasteiger partial charge on any atom is -0.463 e. The average molecular weight is 202 g/mol. The van der Waals surface area contributed by atoms with E-state index < -0.39 is 0 Å². The molecular formula is C9H14O5. The van der Waals surface area contributed by atoms with Gasteiger partial charge in [0.25, 0.3) is 0 Å². The highest BCUT2D eigenvalue weighted by atomic mass is 16.6. The first-order valence-electron chi connectivity index (χ1n) is 4.50. The second-order valence-corrected chi connectivity index (χ2v) is 3.23. The summed E-state index contributed by atoms with van der Waals surface area (Å²) >= 11 is 0. The van der Waals surface area contributed by atoms with E-state index in [0.29, 0.717) is 13.0 Å². The molecule has 0 aromatic heterocycles. The second kappa shape index (κ2) is 4.95. The van der Waals surface area contributed by atoms with Crippen molar-refractivity contribution in [1.82, 2.24) is 0 Å². The van der Waals surface area contributed by atoms with Gasteiger partial charge in [0.05, 0.1) is 12.7 Å². The van der Waals surface area contributed by atoms with E-state index in [2.05, 4.69) is 0 Å². The highest BCUT2D eigenvalue weighted by molar-refractivity contribution is 5.66. The molecule has 1 saturated heterocycles. The number of hydrogen-bond acceptors (Lipinski definition) is 5. The third kappa shape index (κ3) is 3.74. The fourth-order valence-electron chi connectivity index (χ4n) is 1.32. The van der Waals surface area contributed by atoms with Crippen LogP contribution in [0, 0.1) is 0 Å². The van der Waals surface area contributed by atoms with Crippen molar-refractivity contribution in [2.24, 2.45) is 0 Å². The van der Waals surface area contributed by atoms with E-state index in [-0.39, 0.29) is 30.8 Å². The van der Waals surface area contributed by atoms with Gasteiger partial charge in [0, 0.05) is 20.3 Å². The number of esters is 2. The maximum absolute atomic E-state index is 10.6. The Morgan fingerprint density at radius 2 is 2.07 bits per heavy atom. The van der Waals surface area contributed by atoms with E-state index in [0.717, 1.165) is 0 Å². The van der Waals surface area contributed by atoms with E-state index >= 15 is 0 Å². The third-order valence-electron chi connectivity index (χ3n) is 1.85. The summed E-state index contributed by atoms with van der Waals surface area (Å²) in [6, 6.07) is 0. The van der Waals surface area contributed by atoms with Crippen molar-refractivity contribution in [3.8, 4) is 0 Å². The monoisotopic (exact) mass is 202 g/mol. The number of ether oxygens (including phenoxy) is 3. The van der Waals surface area contributed by atoms with E-state index in [9.17, 15) is 9.59 Å². The van der Waals surface area contributed by atoms with Gasteiger partial charge >= 0.3 is 11.9 Å². The van der Waals surface area contributed by atoms with Crippen molar-refractivity contribution >= 4 is 11.9 Å². The van der Waals surface area contributed by atoms with Gasteiger partial charge in [0.2, 0.25) is 0 Å². The molecule has 0 saturated carbocycles. The first-order chi connectivity index (χ1) is 6.58. The van der Waals surface area contributed by atoms with E-state index in [4.69, 9.17) is 14.2 Å². The summed E-state index contributed by atoms with van der Waals surface area (Å²) in [5.41, 5.74) is 0. The third-order valence-corrected chi connectivity index (χ3v) is 1.85. The Kier molecular flexibility index (Phi) is 3.88. The lowest BCUT2D eigenvalue weighted by Crippen LogP contribution is -2.18. The minimum atomic E-state index is -0.329. The van der Waals surface area contributed by atoms with Gasteiger partial charge in [-0.1, -0.05) is 0 Å². The van der Waals surface area contributed by atoms with Gasteiger partial charge in [-0.2, -0.15) is 0 Å². The van der Waals surface area contributed by atoms with Crippen LogP contribution >= 0.6 is 0 Å². The van der Waals surface area contributed by atoms with Crippen LogP contribution < -0.4 is 0 Å². The number of carbonyl (C=O) groups is 2. The molecule has 0 aromatic carbocycles. The molecule has 5 nitrogen and oxygen atoms in total. The molecule has 1 aliphatic heterocycles. The Labute approximate surface area is 82.3 Å². The van der Waals surface area contributed by atoms with Crippen LogP contribution in [-0.4, -0.2) is 37.4 Å². The fourth-order valence-corrected chi connectivity index (χ4v) is 1.32. The van der Waals surface area contributed by atoms with Gasteiger partial charge in [-0.05, 0) is 0 Å². The molecular weight excluding hydrogens is 188 g/mol. The Hall–Kier alpha value is -1.10. The lowest BCUT2D eigenvalue weighted by atomic mass is 10.2. The molecule has 0 amide bonds. The van der Waals surface area contributed by atoms with Crippen molar-refractivity contribution in [2.75, 3.05) is 13.2 Å². The molecule has 0 aliphatic carbocycles. The van der Waals surface area contributed by atoms with E-state index in [1.165, 1.54) is 13.8 Å². The summed E-state index contributed by atoms with van der Waals surface area (Å²) in [5, 5.41) is 0. The Morgan fingerprint density at radius 3 is 2.64 bits per heavy atom. The summed E-state index contributed by atoms with van der Waals surface area (Å²) < 4.78 is 15.0. The Balaban J connectivity index is 2.20. The molecule has 0 bridgehead atoms. The standard InChI is InChI=1S/C9H14O5/c1-6(10)12-4-8-3-9(5-13-8)14-7(2)11/h8-9H,3-5H2,1-2H3/t8-,9?/m0/s1. The average Bonchev–Trinajstić information content (AvgIpc) is 2.47. The number of rotatable bonds is 3. The molecule has 1 rings (SSSR count). The molecule has 1 fully saturated rings. The lowest BCUT2D eigenvalue weighted by Gasteiger charge is -2.09. The van der Waals surface area contributed by atoms with Gasteiger partial charge in [-0.15, -0.1) is 0 Å². The summed E-state index contributed by atoms with van der Waals surface area (Å²) in [6.45, 7) is 3.32. The smallest absolute Gasteiger partial charge is 0.302 e. The predicted octanol–water partition coefficient (Wildman–Crippen LogP) is 0.270. The number of hydrogen-bond donors (Lipinski definition) is 0. The SMILES string of the molecule is CC(=O)OC[C@@H]1CC(OC(C)=O)CO1. The maximum atomic E-state index is 10.6. The Bertz CT molecular complexity index is 225. The summed E-state index contributed by atoms with van der Waals surface area (Å²) in [7, 11) is 0. The molecule has 1 unspecified atom stereocenters. The van der Waals surface area contributed by atoms with E-state index in [1.807, 2.05) is 0 Å². The largest absolute Gasteiger partial charge is 0.463 e. The zero-order chi connectivity index (χ0) is 10.6. The molecule has 0 N–H and O–H groups in total. The summed E-state index contributed by atoms with van der Waals surface area (Å²) in [6.07, 6.45) is 0.239. The molecule has 5 heteroatoms. The highest BCUT2D eigenvalue weighted by Crippen LogP contribution is 2.16. The van der Waals surface area contributed by atoms with Gasteiger partial charge in [0.1, 0.15) is 12.7 Å². The zero-order valence-corrected chi connectivity index (χ0v) is 8.32. The van der Waals surface area contributed by atoms with Crippen molar-refractivity contribution < 1.29 is 23.8 Å². The number of carbonyl (C=O) groups excluding carboxylic acids is 2. The first kappa shape index (κ1) is 11.0. The molecule has 1 aliphatic rings. The molecule has 1 heterocycles. The molecule has 2 atom stereocenters. The molecule has 0 radical (unpaired) electrons. The van der Waals surface area contributed by atoms with Crippen molar-refractivity contribution in [1.29, 1.82) is 0 Å². The van der Waals surface area contributed by atoms with E-state index in [1.54, 1.807) is 0 Å². The highest BCUT2D eigenvalue weighted by Gasteiger charge is 2.28. The fraction of sp³-hybridized carbons (Fsp3) is 0.778. The summed E-state index contributed by atoms with van der Waals surface area (Å²) in [4.78, 5) is 21.1. The summed E-state index contributed by atoms with van der Waals surface area (Å²) in [5.74, 6) is -0.642. The minimum absolute atomic E-state index is 0.150. The maximum Gasteiger partial charge on any atom is 0.302 e. The van der Waals surface area contributed by atoms with Crippen molar-refractivity contribution in [2.45, 2.75) is 32.5 Å². The van der Waals surface area contributed by atoms with Crippen LogP contribution in [0.1, 0.15) is 20.3 Å². The normalized spacial score (nSPS) is 25.9. The van der Waals surface area contributed by atoms with Crippen molar-refractivity contribution in [3.63, 3.8) is 0 Å². The topological polar surface area (TPSA) is 61.8 Å². The van der Waals surface area contributed by atoms with Crippen molar-refractivity contribution in [3.05, 3.63) is 0 Å². The first-order valence-corrected chi connectivity index (χ1v) is 4.50. The Morgan fingerprint density at radius 1 is 1.36 bits per heavy atom. The van der Waals surface area contributed by atoms with Crippen LogP contribution in [-0.2, 0) is 23.8 Å². The van der Waals surface area contributed by atoms with Gasteiger partial charge < -0.3 is 14.2 Å². The molecule has 0 spiro atoms. The van der Waals surface area contributed by atoms with Crippen LogP contribution in [0.4, 0.5) is 0 Å². The van der Waals surface area contributed by atoms with Crippen LogP contribution in [0.25, 0.3) is 0 Å². The van der Waals surface area contributed by atoms with Crippen LogP contribution in [0.2, 0.25) is 0 Å². The molecule has 14 heavy (non-hydrogen) atoms. The van der Waals surface area contributed by atoms with Crippen LogP contribution in [0.5, 0.6) is 0 Å². The van der Waals surface area contributed by atoms with Crippen LogP contribution in [0.3, 0.4) is 0 Å². The zero-order valence-electron chi connectivity index (χ0n) is 8.32.